The molecule has 4 nitrogen and oxygen atoms in total. The summed E-state index contributed by atoms with van der Waals surface area (Å²) in [6, 6.07) is 1.05. The second kappa shape index (κ2) is 6.07. The quantitative estimate of drug-likeness (QED) is 0.933. The topological polar surface area (TPSA) is 49.0 Å². The van der Waals surface area contributed by atoms with Gasteiger partial charge in [0.2, 0.25) is 5.91 Å². The molecule has 20 heavy (non-hydrogen) atoms. The molecule has 0 aromatic carbocycles. The fourth-order valence-electron chi connectivity index (χ4n) is 2.36. The Morgan fingerprint density at radius 3 is 2.95 bits per heavy atom. The zero-order valence-corrected chi connectivity index (χ0v) is 11.9. The average molecular weight is 307 g/mol. The van der Waals surface area contributed by atoms with Crippen LogP contribution in [-0.2, 0) is 11.0 Å². The number of alkyl halides is 3. The summed E-state index contributed by atoms with van der Waals surface area (Å²) in [5.41, 5.74) is -0.445. The van der Waals surface area contributed by atoms with E-state index >= 15 is 0 Å². The van der Waals surface area contributed by atoms with Crippen LogP contribution in [0.15, 0.2) is 6.07 Å². The minimum atomic E-state index is -4.43. The van der Waals surface area contributed by atoms with Crippen LogP contribution >= 0.6 is 11.8 Å². The highest BCUT2D eigenvalue weighted by molar-refractivity contribution is 7.99. The van der Waals surface area contributed by atoms with Crippen LogP contribution in [0.1, 0.15) is 30.1 Å². The van der Waals surface area contributed by atoms with Gasteiger partial charge in [-0.1, -0.05) is 0 Å². The van der Waals surface area contributed by atoms with Gasteiger partial charge in [0.15, 0.2) is 5.69 Å². The van der Waals surface area contributed by atoms with E-state index in [1.165, 1.54) is 11.8 Å². The van der Waals surface area contributed by atoms with E-state index in [1.54, 1.807) is 4.90 Å². The molecule has 1 aromatic rings. The predicted octanol–water partition coefficient (Wildman–Crippen LogP) is 2.50. The lowest BCUT2D eigenvalue weighted by Gasteiger charge is -2.32. The van der Waals surface area contributed by atoms with E-state index in [0.717, 1.165) is 18.9 Å². The number of H-pyrrole nitrogens is 1. The van der Waals surface area contributed by atoms with Crippen LogP contribution in [0.5, 0.6) is 0 Å². The Labute approximate surface area is 119 Å². The fourth-order valence-corrected chi connectivity index (χ4v) is 2.79. The molecule has 0 unspecified atom stereocenters. The molecular weight excluding hydrogens is 291 g/mol. The molecule has 1 aliphatic rings. The zero-order valence-electron chi connectivity index (χ0n) is 11.0. The Bertz CT molecular complexity index is 475. The lowest BCUT2D eigenvalue weighted by molar-refractivity contribution is -0.141. The lowest BCUT2D eigenvalue weighted by atomic mass is 9.94. The maximum atomic E-state index is 12.5. The smallest absolute Gasteiger partial charge is 0.341 e. The summed E-state index contributed by atoms with van der Waals surface area (Å²) >= 11 is 1.45. The Kier molecular flexibility index (Phi) is 4.62. The molecule has 1 fully saturated rings. The van der Waals surface area contributed by atoms with Crippen LogP contribution in [0.25, 0.3) is 0 Å². The lowest BCUT2D eigenvalue weighted by Crippen LogP contribution is -2.40. The molecule has 2 rings (SSSR count). The van der Waals surface area contributed by atoms with E-state index in [0.29, 0.717) is 24.5 Å². The summed E-state index contributed by atoms with van der Waals surface area (Å²) in [7, 11) is 0. The molecule has 0 saturated carbocycles. The summed E-state index contributed by atoms with van der Waals surface area (Å²) in [5, 5.41) is 5.77. The average Bonchev–Trinajstić information content (AvgIpc) is 2.89. The highest BCUT2D eigenvalue weighted by Gasteiger charge is 2.35. The molecule has 1 aromatic heterocycles. The molecule has 2 heterocycles. The fraction of sp³-hybridized carbons (Fsp3) is 0.667. The molecule has 8 heteroatoms. The van der Waals surface area contributed by atoms with Gasteiger partial charge >= 0.3 is 6.18 Å². The molecule has 1 aliphatic heterocycles. The number of likely N-dealkylation sites (tertiary alicyclic amines) is 1. The number of hydrogen-bond acceptors (Lipinski definition) is 3. The summed E-state index contributed by atoms with van der Waals surface area (Å²) in [5.74, 6) is 0.347. The number of carbonyl (C=O) groups excluding carboxylic acids is 1. The molecule has 1 atom stereocenters. The van der Waals surface area contributed by atoms with Gasteiger partial charge in [-0.3, -0.25) is 9.89 Å². The first-order valence-electron chi connectivity index (χ1n) is 6.31. The van der Waals surface area contributed by atoms with E-state index in [4.69, 9.17) is 0 Å². The van der Waals surface area contributed by atoms with Crippen molar-refractivity contribution in [1.29, 1.82) is 0 Å². The molecule has 112 valence electrons. The number of nitrogens with zero attached hydrogens (tertiary/aromatic N) is 2. The number of rotatable bonds is 3. The highest BCUT2D eigenvalue weighted by atomic mass is 32.2. The summed E-state index contributed by atoms with van der Waals surface area (Å²) in [6.07, 6.45) is -1.02. The van der Waals surface area contributed by atoms with Crippen molar-refractivity contribution >= 4 is 17.7 Å². The molecular formula is C12H16F3N3OS. The molecule has 0 aliphatic carbocycles. The van der Waals surface area contributed by atoms with Gasteiger partial charge in [-0.05, 0) is 25.2 Å². The van der Waals surface area contributed by atoms with Crippen LogP contribution in [0.2, 0.25) is 0 Å². The third-order valence-corrected chi connectivity index (χ3v) is 3.91. The monoisotopic (exact) mass is 307 g/mol. The molecule has 0 radical (unpaired) electrons. The number of piperidine rings is 1. The van der Waals surface area contributed by atoms with Crippen molar-refractivity contribution in [2.45, 2.75) is 24.9 Å². The highest BCUT2D eigenvalue weighted by Crippen LogP contribution is 2.32. The second-order valence-corrected chi connectivity index (χ2v) is 5.68. The first kappa shape index (κ1) is 15.2. The van der Waals surface area contributed by atoms with Gasteiger partial charge in [0.1, 0.15) is 0 Å². The van der Waals surface area contributed by atoms with Crippen molar-refractivity contribution in [2.24, 2.45) is 0 Å². The van der Waals surface area contributed by atoms with E-state index in [-0.39, 0.29) is 11.8 Å². The predicted molar refractivity (Wildman–Crippen MR) is 70.5 cm³/mol. The Hall–Kier alpha value is -1.18. The van der Waals surface area contributed by atoms with Crippen molar-refractivity contribution < 1.29 is 18.0 Å². The first-order valence-corrected chi connectivity index (χ1v) is 7.70. The van der Waals surface area contributed by atoms with Crippen molar-refractivity contribution in [3.8, 4) is 0 Å². The molecule has 1 saturated heterocycles. The number of aromatic amines is 1. The largest absolute Gasteiger partial charge is 0.435 e. The van der Waals surface area contributed by atoms with Gasteiger partial charge in [0.25, 0.3) is 0 Å². The first-order chi connectivity index (χ1) is 9.41. The number of aromatic nitrogens is 2. The summed E-state index contributed by atoms with van der Waals surface area (Å²) < 4.78 is 37.6. The Morgan fingerprint density at radius 2 is 2.35 bits per heavy atom. The van der Waals surface area contributed by atoms with Gasteiger partial charge in [0, 0.05) is 24.7 Å². The second-order valence-electron chi connectivity index (χ2n) is 4.82. The van der Waals surface area contributed by atoms with E-state index in [2.05, 4.69) is 10.2 Å². The molecule has 1 amide bonds. The van der Waals surface area contributed by atoms with Crippen LogP contribution in [-0.4, -0.2) is 46.1 Å². The van der Waals surface area contributed by atoms with Crippen molar-refractivity contribution in [3.63, 3.8) is 0 Å². The summed E-state index contributed by atoms with van der Waals surface area (Å²) in [6.45, 7) is 1.13. The number of hydrogen-bond donors (Lipinski definition) is 1. The maximum Gasteiger partial charge on any atom is 0.435 e. The van der Waals surface area contributed by atoms with Crippen LogP contribution in [0, 0.1) is 0 Å². The third-order valence-electron chi connectivity index (χ3n) is 3.37. The van der Waals surface area contributed by atoms with E-state index in [1.807, 2.05) is 6.26 Å². The van der Waals surface area contributed by atoms with Gasteiger partial charge in [-0.15, -0.1) is 0 Å². The van der Waals surface area contributed by atoms with Crippen molar-refractivity contribution in [3.05, 3.63) is 17.5 Å². The molecule has 0 spiro atoms. The standard InChI is InChI=1S/C12H16F3N3OS/c1-20-7-11(19)18-4-2-3-8(6-18)9-5-10(17-16-9)12(13,14)15/h5,8H,2-4,6-7H2,1H3,(H,16,17)/t8-/m0/s1. The van der Waals surface area contributed by atoms with Gasteiger partial charge in [-0.2, -0.15) is 30.0 Å². The van der Waals surface area contributed by atoms with Crippen molar-refractivity contribution in [2.75, 3.05) is 25.1 Å². The van der Waals surface area contributed by atoms with E-state index in [9.17, 15) is 18.0 Å². The van der Waals surface area contributed by atoms with Crippen LogP contribution < -0.4 is 0 Å². The number of halogens is 3. The van der Waals surface area contributed by atoms with Crippen LogP contribution in [0.3, 0.4) is 0 Å². The normalized spacial score (nSPS) is 20.2. The SMILES string of the molecule is CSCC(=O)N1CCC[C@H](c2cc(C(F)(F)F)n[nH]2)C1. The van der Waals surface area contributed by atoms with Crippen LogP contribution in [0.4, 0.5) is 13.2 Å². The maximum absolute atomic E-state index is 12.5. The van der Waals surface area contributed by atoms with Gasteiger partial charge < -0.3 is 4.90 Å². The van der Waals surface area contributed by atoms with E-state index < -0.39 is 11.9 Å². The third kappa shape index (κ3) is 3.47. The van der Waals surface area contributed by atoms with Crippen molar-refractivity contribution in [1.82, 2.24) is 15.1 Å². The number of nitrogens with one attached hydrogen (secondary N) is 1. The minimum Gasteiger partial charge on any atom is -0.341 e. The van der Waals surface area contributed by atoms with Gasteiger partial charge in [0.05, 0.1) is 5.75 Å². The number of carbonyl (C=O) groups is 1. The number of thioether (sulfide) groups is 1. The minimum absolute atomic E-state index is 0.0396. The number of amides is 1. The zero-order chi connectivity index (χ0) is 14.8. The Morgan fingerprint density at radius 1 is 1.60 bits per heavy atom. The molecule has 1 N–H and O–H groups in total. The molecule has 0 bridgehead atoms. The van der Waals surface area contributed by atoms with Gasteiger partial charge in [-0.25, -0.2) is 0 Å². The summed E-state index contributed by atoms with van der Waals surface area (Å²) in [4.78, 5) is 13.6. The Balaban J connectivity index is 2.05.